The molecule has 8 heavy (non-hydrogen) atoms. The highest BCUT2D eigenvalue weighted by Crippen LogP contribution is 2.01. The van der Waals surface area contributed by atoms with Gasteiger partial charge in [-0.05, 0) is 18.1 Å². The second-order valence-electron chi connectivity index (χ2n) is 1.57. The van der Waals surface area contributed by atoms with Gasteiger partial charge in [-0.3, -0.25) is 0 Å². The first-order valence-electron chi connectivity index (χ1n) is 2.50. The van der Waals surface area contributed by atoms with E-state index in [1.807, 2.05) is 6.07 Å². The van der Waals surface area contributed by atoms with Crippen molar-refractivity contribution < 1.29 is 4.42 Å². The van der Waals surface area contributed by atoms with Gasteiger partial charge in [-0.2, -0.15) is 0 Å². The molecule has 0 fully saturated rings. The molecule has 44 valence electrons. The van der Waals surface area contributed by atoms with Crippen molar-refractivity contribution in [3.05, 3.63) is 24.2 Å². The Morgan fingerprint density at radius 2 is 2.50 bits per heavy atom. The quantitative estimate of drug-likeness (QED) is 0.552. The highest BCUT2D eigenvalue weighted by Gasteiger charge is 1.88. The Labute approximate surface area is 62.2 Å². The lowest BCUT2D eigenvalue weighted by Gasteiger charge is -1.83. The fraction of sp³-hybridized carbons (Fsp3) is 0.333. The Morgan fingerprint density at radius 1 is 1.62 bits per heavy atom. The summed E-state index contributed by atoms with van der Waals surface area (Å²) >= 11 is 2.35. The van der Waals surface area contributed by atoms with Gasteiger partial charge in [0, 0.05) is 4.43 Å². The van der Waals surface area contributed by atoms with Gasteiger partial charge in [0.25, 0.3) is 0 Å². The van der Waals surface area contributed by atoms with Gasteiger partial charge >= 0.3 is 0 Å². The molecule has 0 saturated heterocycles. The van der Waals surface area contributed by atoms with E-state index < -0.39 is 0 Å². The first-order valence-corrected chi connectivity index (χ1v) is 4.03. The number of rotatable bonds is 2. The van der Waals surface area contributed by atoms with E-state index >= 15 is 0 Å². The van der Waals surface area contributed by atoms with Crippen molar-refractivity contribution in [1.82, 2.24) is 0 Å². The van der Waals surface area contributed by atoms with Crippen LogP contribution in [-0.2, 0) is 6.42 Å². The smallest absolute Gasteiger partial charge is 0.0934 e. The molecule has 0 atom stereocenters. The molecule has 0 aliphatic rings. The van der Waals surface area contributed by atoms with Crippen LogP contribution in [0.3, 0.4) is 0 Å². The molecule has 2 heteroatoms. The third kappa shape index (κ3) is 1.51. The summed E-state index contributed by atoms with van der Waals surface area (Å²) in [6.45, 7) is 0. The number of aryl methyl sites for hydroxylation is 1. The molecular weight excluding hydrogens is 215 g/mol. The van der Waals surface area contributed by atoms with Crippen LogP contribution < -0.4 is 0 Å². The predicted octanol–water partition coefficient (Wildman–Crippen LogP) is 2.26. The minimum atomic E-state index is 1.12. The van der Waals surface area contributed by atoms with Crippen LogP contribution in [0.5, 0.6) is 0 Å². The van der Waals surface area contributed by atoms with Crippen LogP contribution in [0, 0.1) is 0 Å². The lowest BCUT2D eigenvalue weighted by atomic mass is 10.3. The van der Waals surface area contributed by atoms with Crippen LogP contribution in [-0.4, -0.2) is 4.43 Å². The second-order valence-corrected chi connectivity index (χ2v) is 2.65. The van der Waals surface area contributed by atoms with Crippen LogP contribution in [0.25, 0.3) is 0 Å². The van der Waals surface area contributed by atoms with Gasteiger partial charge in [0.2, 0.25) is 0 Å². The first kappa shape index (κ1) is 6.13. The molecule has 1 heterocycles. The topological polar surface area (TPSA) is 13.1 Å². The largest absolute Gasteiger partial charge is 0.472 e. The van der Waals surface area contributed by atoms with E-state index in [9.17, 15) is 0 Å². The van der Waals surface area contributed by atoms with Crippen LogP contribution in [0.15, 0.2) is 23.0 Å². The summed E-state index contributed by atoms with van der Waals surface area (Å²) in [5.41, 5.74) is 1.29. The number of hydrogen-bond acceptors (Lipinski definition) is 1. The number of furan rings is 1. The van der Waals surface area contributed by atoms with Gasteiger partial charge in [-0.25, -0.2) is 0 Å². The molecule has 0 amide bonds. The monoisotopic (exact) mass is 222 g/mol. The lowest BCUT2D eigenvalue weighted by Crippen LogP contribution is -1.78. The van der Waals surface area contributed by atoms with Crippen molar-refractivity contribution in [2.45, 2.75) is 6.42 Å². The average Bonchev–Trinajstić information content (AvgIpc) is 2.19. The van der Waals surface area contributed by atoms with Crippen LogP contribution in [0.2, 0.25) is 0 Å². The van der Waals surface area contributed by atoms with E-state index in [2.05, 4.69) is 22.6 Å². The molecule has 0 spiro atoms. The number of alkyl halides is 1. The van der Waals surface area contributed by atoms with Gasteiger partial charge in [0.1, 0.15) is 0 Å². The maximum atomic E-state index is 4.86. The van der Waals surface area contributed by atoms with E-state index in [1.54, 1.807) is 12.5 Å². The fourth-order valence-corrected chi connectivity index (χ4v) is 1.17. The van der Waals surface area contributed by atoms with Crippen LogP contribution in [0.4, 0.5) is 0 Å². The van der Waals surface area contributed by atoms with Crippen LogP contribution >= 0.6 is 22.6 Å². The molecule has 0 aromatic carbocycles. The minimum absolute atomic E-state index is 1.12. The third-order valence-corrected chi connectivity index (χ3v) is 1.50. The van der Waals surface area contributed by atoms with Gasteiger partial charge in [0.05, 0.1) is 12.5 Å². The molecule has 0 unspecified atom stereocenters. The molecule has 0 bridgehead atoms. The minimum Gasteiger partial charge on any atom is -0.472 e. The summed E-state index contributed by atoms with van der Waals surface area (Å²) in [7, 11) is 0. The molecular formula is C6H7IO. The number of halogens is 1. The summed E-state index contributed by atoms with van der Waals surface area (Å²) in [6.07, 6.45) is 4.62. The van der Waals surface area contributed by atoms with E-state index in [0.29, 0.717) is 0 Å². The Hall–Kier alpha value is 0.01000. The van der Waals surface area contributed by atoms with Gasteiger partial charge in [-0.15, -0.1) is 0 Å². The molecule has 0 aliphatic carbocycles. The van der Waals surface area contributed by atoms with Gasteiger partial charge in [-0.1, -0.05) is 22.6 Å². The Bertz CT molecular complexity index is 134. The first-order chi connectivity index (χ1) is 3.93. The predicted molar refractivity (Wildman–Crippen MR) is 41.3 cm³/mol. The second kappa shape index (κ2) is 3.12. The Balaban J connectivity index is 2.50. The zero-order chi connectivity index (χ0) is 5.82. The highest BCUT2D eigenvalue weighted by molar-refractivity contribution is 14.1. The Kier molecular flexibility index (Phi) is 2.39. The van der Waals surface area contributed by atoms with Crippen molar-refractivity contribution >= 4 is 22.6 Å². The zero-order valence-corrected chi connectivity index (χ0v) is 6.59. The zero-order valence-electron chi connectivity index (χ0n) is 4.43. The van der Waals surface area contributed by atoms with Gasteiger partial charge < -0.3 is 4.42 Å². The molecule has 0 radical (unpaired) electrons. The standard InChI is InChI=1S/C6H7IO/c7-3-1-6-2-4-8-5-6/h2,4-5H,1,3H2. The third-order valence-electron chi connectivity index (χ3n) is 0.963. The van der Waals surface area contributed by atoms with Crippen molar-refractivity contribution in [1.29, 1.82) is 0 Å². The summed E-state index contributed by atoms with van der Waals surface area (Å²) in [5.74, 6) is 0. The molecule has 1 aromatic heterocycles. The molecule has 1 nitrogen and oxygen atoms in total. The normalized spacial score (nSPS) is 9.62. The molecule has 0 aliphatic heterocycles. The van der Waals surface area contributed by atoms with Crippen molar-refractivity contribution in [3.8, 4) is 0 Å². The maximum Gasteiger partial charge on any atom is 0.0934 e. The van der Waals surface area contributed by atoms with Crippen LogP contribution in [0.1, 0.15) is 5.56 Å². The summed E-state index contributed by atoms with van der Waals surface area (Å²) in [6, 6.07) is 2.00. The summed E-state index contributed by atoms with van der Waals surface area (Å²) < 4.78 is 6.03. The summed E-state index contributed by atoms with van der Waals surface area (Å²) in [4.78, 5) is 0. The molecule has 0 N–H and O–H groups in total. The lowest BCUT2D eigenvalue weighted by molar-refractivity contribution is 0.564. The van der Waals surface area contributed by atoms with E-state index in [0.717, 1.165) is 10.8 Å². The van der Waals surface area contributed by atoms with Crippen molar-refractivity contribution in [2.75, 3.05) is 4.43 Å². The van der Waals surface area contributed by atoms with Crippen molar-refractivity contribution in [3.63, 3.8) is 0 Å². The van der Waals surface area contributed by atoms with Gasteiger partial charge in [0.15, 0.2) is 0 Å². The van der Waals surface area contributed by atoms with E-state index in [-0.39, 0.29) is 0 Å². The average molecular weight is 222 g/mol. The number of hydrogen-bond donors (Lipinski definition) is 0. The molecule has 1 aromatic rings. The molecule has 1 rings (SSSR count). The maximum absolute atomic E-state index is 4.86. The van der Waals surface area contributed by atoms with Crippen molar-refractivity contribution in [2.24, 2.45) is 0 Å². The highest BCUT2D eigenvalue weighted by atomic mass is 127. The van der Waals surface area contributed by atoms with E-state index in [4.69, 9.17) is 4.42 Å². The fourth-order valence-electron chi connectivity index (χ4n) is 0.544. The SMILES string of the molecule is ICCc1ccoc1. The Morgan fingerprint density at radius 3 is 3.00 bits per heavy atom. The molecule has 0 saturated carbocycles. The van der Waals surface area contributed by atoms with E-state index in [1.165, 1.54) is 5.56 Å². The summed E-state index contributed by atoms with van der Waals surface area (Å²) in [5, 5.41) is 0.